The average molecular weight is 289 g/mol. The quantitative estimate of drug-likeness (QED) is 0.607. The summed E-state index contributed by atoms with van der Waals surface area (Å²) in [6, 6.07) is 0. The number of imidazole rings is 1. The lowest BCUT2D eigenvalue weighted by atomic mass is 10.1. The van der Waals surface area contributed by atoms with Gasteiger partial charge in [-0.25, -0.2) is 15.0 Å². The third kappa shape index (κ3) is 4.14. The van der Waals surface area contributed by atoms with E-state index in [0.29, 0.717) is 11.6 Å². The molecule has 2 rings (SSSR count). The van der Waals surface area contributed by atoms with Gasteiger partial charge in [0.05, 0.1) is 6.33 Å². The van der Waals surface area contributed by atoms with Crippen molar-refractivity contribution in [2.24, 2.45) is 5.92 Å². The minimum Gasteiger partial charge on any atom is -0.368 e. The lowest BCUT2D eigenvalue weighted by Gasteiger charge is -2.08. The molecule has 0 radical (unpaired) electrons. The van der Waals surface area contributed by atoms with Crippen molar-refractivity contribution in [3.63, 3.8) is 0 Å². The van der Waals surface area contributed by atoms with E-state index in [-0.39, 0.29) is 0 Å². The number of nitrogens with one attached hydrogen (secondary N) is 2. The summed E-state index contributed by atoms with van der Waals surface area (Å²) in [7, 11) is 2.67. The molecule has 2 N–H and O–H groups in total. The van der Waals surface area contributed by atoms with Crippen molar-refractivity contribution in [2.75, 3.05) is 18.0 Å². The van der Waals surface area contributed by atoms with Gasteiger partial charge in [-0.1, -0.05) is 31.2 Å². The number of allylic oxidation sites excluding steroid dienone is 4. The van der Waals surface area contributed by atoms with Crippen LogP contribution in [-0.2, 0) is 0 Å². The molecule has 0 aromatic carbocycles. The first-order chi connectivity index (χ1) is 9.81. The van der Waals surface area contributed by atoms with Crippen molar-refractivity contribution in [3.8, 4) is 0 Å². The Morgan fingerprint density at radius 1 is 1.35 bits per heavy atom. The lowest BCUT2D eigenvalue weighted by molar-refractivity contribution is 0.672. The Balaban J connectivity index is 1.82. The normalized spacial score (nSPS) is 13.5. The van der Waals surface area contributed by atoms with Crippen LogP contribution in [0.2, 0.25) is 0 Å². The predicted molar refractivity (Wildman–Crippen MR) is 86.8 cm³/mol. The zero-order chi connectivity index (χ0) is 14.2. The van der Waals surface area contributed by atoms with Crippen LogP contribution in [0.25, 0.3) is 11.2 Å². The summed E-state index contributed by atoms with van der Waals surface area (Å²) in [5.74, 6) is 1.34. The molecular weight excluding hydrogens is 269 g/mol. The number of hydrogen-bond donors (Lipinski definition) is 2. The standard InChI is InChI=1S/C14H20N5P/c1-11(5-3-2-4-8-20)6-7-15-13-12-14(17-9-16-12)19-10-18-13/h2-5,9-11H,6-8,20H2,1H3,(H2,15,16,17,18,19)/b4-2-,5-3-. The average Bonchev–Trinajstić information content (AvgIpc) is 2.93. The van der Waals surface area contributed by atoms with Crippen molar-refractivity contribution >= 4 is 26.2 Å². The number of anilines is 1. The largest absolute Gasteiger partial charge is 0.368 e. The summed E-state index contributed by atoms with van der Waals surface area (Å²) < 4.78 is 0. The summed E-state index contributed by atoms with van der Waals surface area (Å²) in [5.41, 5.74) is 1.55. The monoisotopic (exact) mass is 289 g/mol. The van der Waals surface area contributed by atoms with Gasteiger partial charge in [-0.15, -0.1) is 9.24 Å². The van der Waals surface area contributed by atoms with Crippen molar-refractivity contribution in [2.45, 2.75) is 13.3 Å². The summed E-state index contributed by atoms with van der Waals surface area (Å²) >= 11 is 0. The van der Waals surface area contributed by atoms with E-state index in [9.17, 15) is 0 Å². The highest BCUT2D eigenvalue weighted by Crippen LogP contribution is 2.14. The zero-order valence-corrected chi connectivity index (χ0v) is 12.7. The molecule has 2 aromatic heterocycles. The van der Waals surface area contributed by atoms with E-state index < -0.39 is 0 Å². The maximum atomic E-state index is 4.24. The van der Waals surface area contributed by atoms with E-state index in [1.807, 2.05) is 0 Å². The fourth-order valence-electron chi connectivity index (χ4n) is 1.82. The first-order valence-electron chi connectivity index (χ1n) is 6.72. The topological polar surface area (TPSA) is 66.5 Å². The van der Waals surface area contributed by atoms with Crippen molar-refractivity contribution < 1.29 is 0 Å². The molecule has 0 aliphatic carbocycles. The second kappa shape index (κ2) is 7.75. The van der Waals surface area contributed by atoms with Crippen LogP contribution in [0, 0.1) is 5.92 Å². The fourth-order valence-corrected chi connectivity index (χ4v) is 1.98. The molecule has 2 heterocycles. The second-order valence-corrected chi connectivity index (χ2v) is 5.04. The Hall–Kier alpha value is -1.74. The maximum absolute atomic E-state index is 4.24. The van der Waals surface area contributed by atoms with Crippen LogP contribution in [0.1, 0.15) is 13.3 Å². The molecule has 2 unspecified atom stereocenters. The highest BCUT2D eigenvalue weighted by molar-refractivity contribution is 7.16. The fraction of sp³-hybridized carbons (Fsp3) is 0.357. The van der Waals surface area contributed by atoms with E-state index >= 15 is 0 Å². The molecule has 106 valence electrons. The minimum atomic E-state index is 0.524. The van der Waals surface area contributed by atoms with Crippen LogP contribution < -0.4 is 5.32 Å². The smallest absolute Gasteiger partial charge is 0.182 e. The Labute approximate surface area is 121 Å². The number of aromatic amines is 1. The molecule has 2 atom stereocenters. The molecule has 0 saturated heterocycles. The first kappa shape index (κ1) is 14.7. The summed E-state index contributed by atoms with van der Waals surface area (Å²) in [6.45, 7) is 3.07. The molecule has 0 bridgehead atoms. The Morgan fingerprint density at radius 2 is 2.25 bits per heavy atom. The van der Waals surface area contributed by atoms with E-state index in [2.05, 4.69) is 65.7 Å². The molecule has 0 saturated carbocycles. The van der Waals surface area contributed by atoms with Gasteiger partial charge in [0.15, 0.2) is 11.5 Å². The number of hydrogen-bond acceptors (Lipinski definition) is 4. The third-order valence-corrected chi connectivity index (χ3v) is 3.21. The van der Waals surface area contributed by atoms with Crippen LogP contribution in [0.4, 0.5) is 5.82 Å². The molecule has 0 aliphatic rings. The molecule has 0 spiro atoms. The Morgan fingerprint density at radius 3 is 3.10 bits per heavy atom. The number of nitrogens with zero attached hydrogens (tertiary/aromatic N) is 3. The molecule has 20 heavy (non-hydrogen) atoms. The lowest BCUT2D eigenvalue weighted by Crippen LogP contribution is -2.07. The highest BCUT2D eigenvalue weighted by atomic mass is 31.0. The molecule has 6 heteroatoms. The van der Waals surface area contributed by atoms with E-state index in [0.717, 1.165) is 30.5 Å². The van der Waals surface area contributed by atoms with Gasteiger partial charge in [0.1, 0.15) is 11.8 Å². The molecule has 0 aliphatic heterocycles. The van der Waals surface area contributed by atoms with Gasteiger partial charge in [0.25, 0.3) is 0 Å². The van der Waals surface area contributed by atoms with Crippen LogP contribution in [0.3, 0.4) is 0 Å². The summed E-state index contributed by atoms with van der Waals surface area (Å²) in [6.07, 6.45) is 13.7. The van der Waals surface area contributed by atoms with Crippen LogP contribution in [0.5, 0.6) is 0 Å². The van der Waals surface area contributed by atoms with E-state index in [1.54, 1.807) is 6.33 Å². The SMILES string of the molecule is CC(/C=C\C=C/CP)CCNc1ncnc2nc[nH]c12. The van der Waals surface area contributed by atoms with E-state index in [4.69, 9.17) is 0 Å². The van der Waals surface area contributed by atoms with Gasteiger partial charge in [0.2, 0.25) is 0 Å². The van der Waals surface area contributed by atoms with E-state index in [1.165, 1.54) is 6.33 Å². The first-order valence-corrected chi connectivity index (χ1v) is 7.54. The Bertz CT molecular complexity index is 590. The van der Waals surface area contributed by atoms with Crippen LogP contribution in [-0.4, -0.2) is 32.6 Å². The predicted octanol–water partition coefficient (Wildman–Crippen LogP) is 2.78. The number of H-pyrrole nitrogens is 1. The van der Waals surface area contributed by atoms with Crippen molar-refractivity contribution in [1.82, 2.24) is 19.9 Å². The van der Waals surface area contributed by atoms with Gasteiger partial charge < -0.3 is 10.3 Å². The van der Waals surface area contributed by atoms with Crippen molar-refractivity contribution in [1.29, 1.82) is 0 Å². The summed E-state index contributed by atoms with van der Waals surface area (Å²) in [4.78, 5) is 15.5. The van der Waals surface area contributed by atoms with Crippen molar-refractivity contribution in [3.05, 3.63) is 37.0 Å². The Kier molecular flexibility index (Phi) is 5.69. The molecule has 0 fully saturated rings. The molecule has 2 aromatic rings. The maximum Gasteiger partial charge on any atom is 0.182 e. The van der Waals surface area contributed by atoms with Gasteiger partial charge in [-0.3, -0.25) is 0 Å². The molecular formula is C14H20N5P. The van der Waals surface area contributed by atoms with Crippen LogP contribution >= 0.6 is 9.24 Å². The second-order valence-electron chi connectivity index (χ2n) is 4.56. The van der Waals surface area contributed by atoms with Gasteiger partial charge in [-0.05, 0) is 18.5 Å². The number of fused-ring (bicyclic) bond motifs is 1. The number of aromatic nitrogens is 4. The van der Waals surface area contributed by atoms with Gasteiger partial charge in [0, 0.05) is 6.54 Å². The molecule has 0 amide bonds. The third-order valence-electron chi connectivity index (χ3n) is 2.94. The minimum absolute atomic E-state index is 0.524. The highest BCUT2D eigenvalue weighted by Gasteiger charge is 2.05. The number of rotatable bonds is 7. The summed E-state index contributed by atoms with van der Waals surface area (Å²) in [5, 5.41) is 3.33. The zero-order valence-electron chi connectivity index (χ0n) is 11.6. The molecule has 5 nitrogen and oxygen atoms in total. The van der Waals surface area contributed by atoms with Crippen LogP contribution in [0.15, 0.2) is 37.0 Å². The van der Waals surface area contributed by atoms with Gasteiger partial charge in [-0.2, -0.15) is 0 Å². The van der Waals surface area contributed by atoms with Gasteiger partial charge >= 0.3 is 0 Å².